The van der Waals surface area contributed by atoms with Crippen LogP contribution in [0, 0.1) is 11.8 Å². The van der Waals surface area contributed by atoms with E-state index in [4.69, 9.17) is 9.47 Å². The van der Waals surface area contributed by atoms with Gasteiger partial charge in [-0.3, -0.25) is 0 Å². The van der Waals surface area contributed by atoms with E-state index in [2.05, 4.69) is 20.4 Å². The summed E-state index contributed by atoms with van der Waals surface area (Å²) >= 11 is 0. The van der Waals surface area contributed by atoms with Gasteiger partial charge in [0.2, 0.25) is 0 Å². The van der Waals surface area contributed by atoms with Crippen LogP contribution in [-0.2, 0) is 11.3 Å². The van der Waals surface area contributed by atoms with Crippen LogP contribution in [0.2, 0.25) is 0 Å². The fourth-order valence-corrected chi connectivity index (χ4v) is 2.35. The van der Waals surface area contributed by atoms with Crippen LogP contribution >= 0.6 is 0 Å². The van der Waals surface area contributed by atoms with Crippen molar-refractivity contribution in [3.05, 3.63) is 42.5 Å². The molecule has 0 heterocycles. The number of hydrogen-bond donors (Lipinski definition) is 1. The van der Waals surface area contributed by atoms with Gasteiger partial charge in [-0.15, -0.1) is 6.58 Å². The molecule has 1 N–H and O–H groups in total. The van der Waals surface area contributed by atoms with Crippen molar-refractivity contribution in [2.75, 3.05) is 7.11 Å². The Bertz CT molecular complexity index is 425. The predicted molar refractivity (Wildman–Crippen MR) is 91.0 cm³/mol. The number of aliphatic hydroxyl groups excluding tert-OH is 1. The molecule has 22 heavy (non-hydrogen) atoms. The molecule has 3 nitrogen and oxygen atoms in total. The highest BCUT2D eigenvalue weighted by Crippen LogP contribution is 2.21. The molecule has 124 valence electrons. The third kappa shape index (κ3) is 6.20. The van der Waals surface area contributed by atoms with E-state index in [1.165, 1.54) is 0 Å². The van der Waals surface area contributed by atoms with E-state index in [9.17, 15) is 5.11 Å². The average Bonchev–Trinajstić information content (AvgIpc) is 2.53. The third-order valence-electron chi connectivity index (χ3n) is 3.97. The monoisotopic (exact) mass is 306 g/mol. The van der Waals surface area contributed by atoms with Crippen molar-refractivity contribution in [2.24, 2.45) is 11.8 Å². The van der Waals surface area contributed by atoms with Crippen LogP contribution in [0.25, 0.3) is 0 Å². The molecular weight excluding hydrogens is 276 g/mol. The largest absolute Gasteiger partial charge is 0.497 e. The summed E-state index contributed by atoms with van der Waals surface area (Å²) in [4.78, 5) is 0. The summed E-state index contributed by atoms with van der Waals surface area (Å²) in [6.07, 6.45) is 3.13. The van der Waals surface area contributed by atoms with Crippen LogP contribution in [0.1, 0.15) is 39.2 Å². The number of aliphatic hydroxyl groups is 1. The summed E-state index contributed by atoms with van der Waals surface area (Å²) in [5.41, 5.74) is 1.07. The molecule has 3 unspecified atom stereocenters. The Balaban J connectivity index is 2.47. The highest BCUT2D eigenvalue weighted by atomic mass is 16.5. The molecule has 0 amide bonds. The Hall–Kier alpha value is -1.32. The molecule has 1 aromatic rings. The van der Waals surface area contributed by atoms with Crippen LogP contribution in [0.5, 0.6) is 5.75 Å². The fourth-order valence-electron chi connectivity index (χ4n) is 2.35. The highest BCUT2D eigenvalue weighted by molar-refractivity contribution is 5.26. The zero-order chi connectivity index (χ0) is 16.5. The minimum absolute atomic E-state index is 0.0771. The lowest BCUT2D eigenvalue weighted by molar-refractivity contribution is -0.0532. The third-order valence-corrected chi connectivity index (χ3v) is 3.97. The molecule has 1 aromatic carbocycles. The second-order valence-corrected chi connectivity index (χ2v) is 6.23. The van der Waals surface area contributed by atoms with Crippen LogP contribution < -0.4 is 4.74 Å². The maximum Gasteiger partial charge on any atom is 0.118 e. The fraction of sp³-hybridized carbons (Fsp3) is 0.579. The smallest absolute Gasteiger partial charge is 0.118 e. The van der Waals surface area contributed by atoms with Gasteiger partial charge >= 0.3 is 0 Å². The molecule has 0 aromatic heterocycles. The molecular formula is C19H30O3. The highest BCUT2D eigenvalue weighted by Gasteiger charge is 2.23. The molecule has 0 saturated carbocycles. The minimum Gasteiger partial charge on any atom is -0.497 e. The number of methoxy groups -OCH3 is 1. The van der Waals surface area contributed by atoms with E-state index in [-0.39, 0.29) is 12.0 Å². The van der Waals surface area contributed by atoms with E-state index in [1.54, 1.807) is 7.11 Å². The SMILES string of the molecule is C=CC(CCC(C)C)C(O)C(C)OCc1ccc(OC)cc1. The second kappa shape index (κ2) is 9.65. The quantitative estimate of drug-likeness (QED) is 0.658. The van der Waals surface area contributed by atoms with Gasteiger partial charge in [-0.1, -0.05) is 38.5 Å². The Morgan fingerprint density at radius 2 is 1.77 bits per heavy atom. The van der Waals surface area contributed by atoms with Gasteiger partial charge in [0.1, 0.15) is 5.75 Å². The molecule has 0 aliphatic heterocycles. The van der Waals surface area contributed by atoms with Gasteiger partial charge in [-0.25, -0.2) is 0 Å². The van der Waals surface area contributed by atoms with Gasteiger partial charge in [0, 0.05) is 5.92 Å². The first-order valence-corrected chi connectivity index (χ1v) is 8.03. The number of hydrogen-bond acceptors (Lipinski definition) is 3. The summed E-state index contributed by atoms with van der Waals surface area (Å²) in [6, 6.07) is 7.77. The first-order valence-electron chi connectivity index (χ1n) is 8.03. The lowest BCUT2D eigenvalue weighted by atomic mass is 9.91. The first-order chi connectivity index (χ1) is 10.5. The number of rotatable bonds is 10. The van der Waals surface area contributed by atoms with Crippen molar-refractivity contribution in [1.29, 1.82) is 0 Å². The minimum atomic E-state index is -0.519. The summed E-state index contributed by atoms with van der Waals surface area (Å²) in [5.74, 6) is 1.54. The molecule has 1 rings (SSSR count). The molecule has 0 bridgehead atoms. The summed E-state index contributed by atoms with van der Waals surface area (Å²) < 4.78 is 10.9. The van der Waals surface area contributed by atoms with Crippen LogP contribution in [0.4, 0.5) is 0 Å². The van der Waals surface area contributed by atoms with E-state index in [0.717, 1.165) is 24.2 Å². The van der Waals surface area contributed by atoms with Gasteiger partial charge in [-0.2, -0.15) is 0 Å². The molecule has 3 heteroatoms. The summed E-state index contributed by atoms with van der Waals surface area (Å²) in [5, 5.41) is 10.4. The van der Waals surface area contributed by atoms with E-state index in [0.29, 0.717) is 12.5 Å². The lowest BCUT2D eigenvalue weighted by Gasteiger charge is -2.26. The first kappa shape index (κ1) is 18.7. The average molecular weight is 306 g/mol. The summed E-state index contributed by atoms with van der Waals surface area (Å²) in [6.45, 7) is 10.6. The maximum atomic E-state index is 10.4. The molecule has 0 fully saturated rings. The van der Waals surface area contributed by atoms with Gasteiger partial charge in [0.05, 0.1) is 25.9 Å². The number of benzene rings is 1. The van der Waals surface area contributed by atoms with Crippen LogP contribution in [0.15, 0.2) is 36.9 Å². The second-order valence-electron chi connectivity index (χ2n) is 6.23. The van der Waals surface area contributed by atoms with Crippen molar-refractivity contribution in [2.45, 2.75) is 52.4 Å². The Morgan fingerprint density at radius 1 is 1.14 bits per heavy atom. The van der Waals surface area contributed by atoms with Gasteiger partial charge in [0.25, 0.3) is 0 Å². The van der Waals surface area contributed by atoms with Crippen molar-refractivity contribution in [1.82, 2.24) is 0 Å². The number of ether oxygens (including phenoxy) is 2. The van der Waals surface area contributed by atoms with E-state index in [1.807, 2.05) is 37.3 Å². The van der Waals surface area contributed by atoms with Gasteiger partial charge in [0.15, 0.2) is 0 Å². The Labute approximate surface area is 135 Å². The topological polar surface area (TPSA) is 38.7 Å². The van der Waals surface area contributed by atoms with Crippen molar-refractivity contribution in [3.8, 4) is 5.75 Å². The van der Waals surface area contributed by atoms with Crippen LogP contribution in [-0.4, -0.2) is 24.4 Å². The maximum absolute atomic E-state index is 10.4. The Morgan fingerprint density at radius 3 is 2.27 bits per heavy atom. The predicted octanol–water partition coefficient (Wildman–Crippen LogP) is 4.20. The van der Waals surface area contributed by atoms with Gasteiger partial charge < -0.3 is 14.6 Å². The van der Waals surface area contributed by atoms with Crippen molar-refractivity contribution < 1.29 is 14.6 Å². The zero-order valence-corrected chi connectivity index (χ0v) is 14.3. The van der Waals surface area contributed by atoms with E-state index >= 15 is 0 Å². The van der Waals surface area contributed by atoms with E-state index < -0.39 is 6.10 Å². The normalized spacial score (nSPS) is 15.4. The van der Waals surface area contributed by atoms with Gasteiger partial charge in [-0.05, 0) is 37.0 Å². The summed E-state index contributed by atoms with van der Waals surface area (Å²) in [7, 11) is 1.65. The molecule has 0 aliphatic carbocycles. The Kier molecular flexibility index (Phi) is 8.21. The van der Waals surface area contributed by atoms with Crippen molar-refractivity contribution >= 4 is 0 Å². The van der Waals surface area contributed by atoms with Crippen molar-refractivity contribution in [3.63, 3.8) is 0 Å². The zero-order valence-electron chi connectivity index (χ0n) is 14.3. The molecule has 0 radical (unpaired) electrons. The molecule has 0 aliphatic rings. The molecule has 0 saturated heterocycles. The molecule has 0 spiro atoms. The standard InChI is InChI=1S/C19H30O3/c1-6-17(10-7-14(2)3)19(20)15(4)22-13-16-8-11-18(21-5)12-9-16/h6,8-9,11-12,14-15,17,19-20H,1,7,10,13H2,2-5H3. The van der Waals surface area contributed by atoms with Crippen LogP contribution in [0.3, 0.4) is 0 Å². The lowest BCUT2D eigenvalue weighted by Crippen LogP contribution is -2.32. The molecule has 3 atom stereocenters.